The van der Waals surface area contributed by atoms with Crippen LogP contribution in [-0.2, 0) is 16.1 Å². The zero-order valence-corrected chi connectivity index (χ0v) is 25.4. The molecule has 0 N–H and O–H groups in total. The number of fused-ring (bicyclic) bond motifs is 1. The lowest BCUT2D eigenvalue weighted by molar-refractivity contribution is -0.139. The van der Waals surface area contributed by atoms with Crippen LogP contribution in [0.3, 0.4) is 0 Å². The van der Waals surface area contributed by atoms with Crippen molar-refractivity contribution in [1.82, 2.24) is 4.57 Å². The molecule has 3 aromatic carbocycles. The lowest BCUT2D eigenvalue weighted by Gasteiger charge is -2.24. The highest BCUT2D eigenvalue weighted by molar-refractivity contribution is 7.07. The van der Waals surface area contributed by atoms with Crippen molar-refractivity contribution >= 4 is 35.0 Å². The minimum atomic E-state index is -0.648. The quantitative estimate of drug-likeness (QED) is 0.228. The van der Waals surface area contributed by atoms with Crippen molar-refractivity contribution in [2.45, 2.75) is 40.3 Å². The summed E-state index contributed by atoms with van der Waals surface area (Å²) in [4.78, 5) is 32.2. The highest BCUT2D eigenvalue weighted by Gasteiger charge is 2.33. The molecule has 0 fully saturated rings. The lowest BCUT2D eigenvalue weighted by atomic mass is 9.95. The first kappa shape index (κ1) is 29.4. The van der Waals surface area contributed by atoms with Crippen LogP contribution in [0.4, 0.5) is 0 Å². The number of thiazole rings is 1. The maximum atomic E-state index is 13.9. The van der Waals surface area contributed by atoms with Gasteiger partial charge in [0.25, 0.3) is 5.56 Å². The van der Waals surface area contributed by atoms with Crippen molar-refractivity contribution < 1.29 is 19.0 Å². The van der Waals surface area contributed by atoms with E-state index in [2.05, 4.69) is 4.99 Å². The van der Waals surface area contributed by atoms with Gasteiger partial charge in [-0.2, -0.15) is 0 Å². The van der Waals surface area contributed by atoms with Gasteiger partial charge in [0.15, 0.2) is 16.3 Å². The Morgan fingerprint density at radius 2 is 1.71 bits per heavy atom. The minimum Gasteiger partial charge on any atom is -0.490 e. The third kappa shape index (κ3) is 6.20. The Balaban J connectivity index is 1.54. The number of hydrogen-bond donors (Lipinski definition) is 0. The molecule has 1 unspecified atom stereocenters. The number of rotatable bonds is 9. The summed E-state index contributed by atoms with van der Waals surface area (Å²) < 4.78 is 19.4. The molecule has 1 aromatic heterocycles. The summed E-state index contributed by atoms with van der Waals surface area (Å²) >= 11 is 7.27. The molecule has 1 aliphatic rings. The van der Waals surface area contributed by atoms with E-state index in [0.717, 1.165) is 22.3 Å². The van der Waals surface area contributed by atoms with Crippen LogP contribution in [0.5, 0.6) is 11.5 Å². The summed E-state index contributed by atoms with van der Waals surface area (Å²) in [6, 6.07) is 20.2. The van der Waals surface area contributed by atoms with E-state index in [4.69, 9.17) is 25.8 Å². The summed E-state index contributed by atoms with van der Waals surface area (Å²) in [6.07, 6.45) is 1.81. The molecule has 0 radical (unpaired) electrons. The van der Waals surface area contributed by atoms with Crippen LogP contribution in [0.15, 0.2) is 87.8 Å². The van der Waals surface area contributed by atoms with Gasteiger partial charge in [-0.3, -0.25) is 9.36 Å². The molecule has 0 aliphatic carbocycles. The number of halogens is 1. The lowest BCUT2D eigenvalue weighted by Crippen LogP contribution is -2.39. The van der Waals surface area contributed by atoms with E-state index in [0.29, 0.717) is 50.3 Å². The Morgan fingerprint density at radius 3 is 2.40 bits per heavy atom. The van der Waals surface area contributed by atoms with Gasteiger partial charge in [-0.25, -0.2) is 9.79 Å². The van der Waals surface area contributed by atoms with E-state index in [1.807, 2.05) is 86.7 Å². The molecule has 0 saturated carbocycles. The van der Waals surface area contributed by atoms with Gasteiger partial charge in [-0.1, -0.05) is 71.0 Å². The Morgan fingerprint density at radius 1 is 0.976 bits per heavy atom. The van der Waals surface area contributed by atoms with Crippen LogP contribution in [0.1, 0.15) is 49.1 Å². The Kier molecular flexibility index (Phi) is 8.94. The molecule has 0 bridgehead atoms. The molecule has 42 heavy (non-hydrogen) atoms. The second-order valence-electron chi connectivity index (χ2n) is 9.77. The molecule has 1 atom stereocenters. The van der Waals surface area contributed by atoms with Gasteiger partial charge >= 0.3 is 5.97 Å². The van der Waals surface area contributed by atoms with Gasteiger partial charge in [0.1, 0.15) is 6.61 Å². The molecule has 0 amide bonds. The summed E-state index contributed by atoms with van der Waals surface area (Å²) in [6.45, 7) is 8.47. The van der Waals surface area contributed by atoms with E-state index in [1.54, 1.807) is 18.4 Å². The van der Waals surface area contributed by atoms with Gasteiger partial charge in [-0.05, 0) is 74.7 Å². The number of hydrogen-bond acceptors (Lipinski definition) is 7. The molecule has 1 aliphatic heterocycles. The number of nitrogens with zero attached hydrogens (tertiary/aromatic N) is 2. The molecular weight excluding hydrogens is 572 g/mol. The summed E-state index contributed by atoms with van der Waals surface area (Å²) in [5.74, 6) is 0.694. The van der Waals surface area contributed by atoms with Crippen LogP contribution < -0.4 is 24.4 Å². The van der Waals surface area contributed by atoms with E-state index < -0.39 is 12.0 Å². The van der Waals surface area contributed by atoms with Crippen molar-refractivity contribution in [2.24, 2.45) is 4.99 Å². The highest BCUT2D eigenvalue weighted by atomic mass is 35.5. The predicted octanol–water partition coefficient (Wildman–Crippen LogP) is 5.74. The zero-order chi connectivity index (χ0) is 29.8. The van der Waals surface area contributed by atoms with Crippen LogP contribution in [0.25, 0.3) is 6.08 Å². The molecule has 9 heteroatoms. The van der Waals surface area contributed by atoms with Crippen molar-refractivity contribution in [3.8, 4) is 11.5 Å². The fourth-order valence-corrected chi connectivity index (χ4v) is 5.92. The topological polar surface area (TPSA) is 79.1 Å². The van der Waals surface area contributed by atoms with Crippen LogP contribution in [0, 0.1) is 6.92 Å². The average Bonchev–Trinajstić information content (AvgIpc) is 3.27. The van der Waals surface area contributed by atoms with Crippen molar-refractivity contribution in [1.29, 1.82) is 0 Å². The zero-order valence-electron chi connectivity index (χ0n) is 23.8. The van der Waals surface area contributed by atoms with Gasteiger partial charge < -0.3 is 14.2 Å². The standard InChI is InChI=1S/C33H31ClN2O5S/c1-5-39-27-17-23(11-16-26(27)41-19-22-9-14-25(34)15-10-22)18-28-31(37)36-30(24-12-7-20(3)8-13-24)29(32(38)40-6-2)21(4)35-33(36)42-28/h7-18,30H,5-6,19H2,1-4H3/b28-18-. The second-order valence-corrected chi connectivity index (χ2v) is 11.2. The molecule has 216 valence electrons. The largest absolute Gasteiger partial charge is 0.490 e. The number of aromatic nitrogens is 1. The normalized spacial score (nSPS) is 14.8. The molecule has 0 spiro atoms. The van der Waals surface area contributed by atoms with Crippen LogP contribution in [-0.4, -0.2) is 23.8 Å². The first-order chi connectivity index (χ1) is 20.3. The Labute approximate surface area is 253 Å². The summed E-state index contributed by atoms with van der Waals surface area (Å²) in [5.41, 5.74) is 4.30. The van der Waals surface area contributed by atoms with Crippen molar-refractivity contribution in [3.63, 3.8) is 0 Å². The summed E-state index contributed by atoms with van der Waals surface area (Å²) in [7, 11) is 0. The van der Waals surface area contributed by atoms with Crippen LogP contribution >= 0.6 is 22.9 Å². The predicted molar refractivity (Wildman–Crippen MR) is 165 cm³/mol. The molecule has 2 heterocycles. The number of allylic oxidation sites excluding steroid dienone is 1. The summed E-state index contributed by atoms with van der Waals surface area (Å²) in [5, 5.41) is 0.667. The van der Waals surface area contributed by atoms with E-state index in [9.17, 15) is 9.59 Å². The molecular formula is C33H31ClN2O5S. The minimum absolute atomic E-state index is 0.224. The molecule has 4 aromatic rings. The van der Waals surface area contributed by atoms with E-state index in [-0.39, 0.29) is 12.2 Å². The first-order valence-electron chi connectivity index (χ1n) is 13.7. The third-order valence-electron chi connectivity index (χ3n) is 6.78. The molecule has 5 rings (SSSR count). The highest BCUT2D eigenvalue weighted by Crippen LogP contribution is 2.32. The fourth-order valence-electron chi connectivity index (χ4n) is 4.75. The van der Waals surface area contributed by atoms with Gasteiger partial charge in [-0.15, -0.1) is 0 Å². The number of aryl methyl sites for hydroxylation is 1. The maximum absolute atomic E-state index is 13.9. The van der Waals surface area contributed by atoms with Crippen molar-refractivity contribution in [2.75, 3.05) is 13.2 Å². The average molecular weight is 603 g/mol. The third-order valence-corrected chi connectivity index (χ3v) is 8.02. The van der Waals surface area contributed by atoms with E-state index >= 15 is 0 Å². The number of carbonyl (C=O) groups is 1. The number of carbonyl (C=O) groups excluding carboxylic acids is 1. The maximum Gasteiger partial charge on any atom is 0.338 e. The van der Waals surface area contributed by atoms with Crippen molar-refractivity contribution in [3.05, 3.63) is 125 Å². The fraction of sp³-hybridized carbons (Fsp3) is 0.242. The second kappa shape index (κ2) is 12.8. The Bertz CT molecular complexity index is 1820. The number of esters is 1. The molecule has 0 saturated heterocycles. The number of ether oxygens (including phenoxy) is 3. The molecule has 7 nitrogen and oxygen atoms in total. The van der Waals surface area contributed by atoms with Crippen LogP contribution in [0.2, 0.25) is 5.02 Å². The van der Waals surface area contributed by atoms with Gasteiger partial charge in [0.05, 0.1) is 35.1 Å². The number of benzene rings is 3. The first-order valence-corrected chi connectivity index (χ1v) is 14.9. The monoisotopic (exact) mass is 602 g/mol. The Hall–Kier alpha value is -4.14. The smallest absolute Gasteiger partial charge is 0.338 e. The SMILES string of the molecule is CCOC(=O)C1=C(C)N=c2s/c(=C\c3ccc(OCc4ccc(Cl)cc4)c(OCC)c3)c(=O)n2C1c1ccc(C)cc1. The van der Waals surface area contributed by atoms with Gasteiger partial charge in [0.2, 0.25) is 0 Å². The van der Waals surface area contributed by atoms with Gasteiger partial charge in [0, 0.05) is 5.02 Å². The van der Waals surface area contributed by atoms with E-state index in [1.165, 1.54) is 11.3 Å².